The molecule has 0 bridgehead atoms. The van der Waals surface area contributed by atoms with Gasteiger partial charge in [0, 0.05) is 0 Å². The second-order valence-corrected chi connectivity index (χ2v) is 4.39. The number of aromatic hydroxyl groups is 1. The Morgan fingerprint density at radius 2 is 1.86 bits per heavy atom. The van der Waals surface area contributed by atoms with Crippen LogP contribution in [-0.4, -0.2) is 20.1 Å². The molecule has 1 aromatic heterocycles. The van der Waals surface area contributed by atoms with E-state index < -0.39 is 5.82 Å². The molecule has 0 saturated heterocycles. The van der Waals surface area contributed by atoms with Crippen molar-refractivity contribution in [3.8, 4) is 17.2 Å². The fraction of sp³-hybridized carbons (Fsp3) is 0.0667. The third-order valence-corrected chi connectivity index (χ3v) is 2.87. The van der Waals surface area contributed by atoms with Crippen molar-refractivity contribution in [3.05, 3.63) is 66.2 Å². The van der Waals surface area contributed by atoms with Gasteiger partial charge in [-0.25, -0.2) is 9.07 Å². The van der Waals surface area contributed by atoms with Crippen LogP contribution in [0.5, 0.6) is 11.5 Å². The molecule has 5 nitrogen and oxygen atoms in total. The zero-order valence-corrected chi connectivity index (χ0v) is 11.0. The number of phenolic OH excluding ortho intramolecular Hbond substituents is 1. The molecule has 3 rings (SSSR count). The van der Waals surface area contributed by atoms with Crippen LogP contribution in [-0.2, 0) is 6.61 Å². The largest absolute Gasteiger partial charge is 0.508 e. The number of ether oxygens (including phenoxy) is 1. The van der Waals surface area contributed by atoms with Gasteiger partial charge in [-0.05, 0) is 36.4 Å². The van der Waals surface area contributed by atoms with Crippen LogP contribution in [0.4, 0.5) is 4.39 Å². The highest BCUT2D eigenvalue weighted by Gasteiger charge is 2.06. The molecule has 1 N–H and O–H groups in total. The molecule has 0 aliphatic carbocycles. The summed E-state index contributed by atoms with van der Waals surface area (Å²) in [5.74, 6) is -0.0536. The van der Waals surface area contributed by atoms with Crippen LogP contribution in [0.2, 0.25) is 0 Å². The van der Waals surface area contributed by atoms with Crippen molar-refractivity contribution in [2.75, 3.05) is 0 Å². The van der Waals surface area contributed by atoms with E-state index in [0.717, 1.165) is 5.69 Å². The van der Waals surface area contributed by atoms with Crippen molar-refractivity contribution < 1.29 is 14.2 Å². The molecule has 0 unspecified atom stereocenters. The van der Waals surface area contributed by atoms with Crippen molar-refractivity contribution in [3.63, 3.8) is 0 Å². The lowest BCUT2D eigenvalue weighted by atomic mass is 10.3. The summed E-state index contributed by atoms with van der Waals surface area (Å²) in [6, 6.07) is 12.7. The van der Waals surface area contributed by atoms with Crippen LogP contribution < -0.4 is 4.74 Å². The minimum absolute atomic E-state index is 0.124. The Morgan fingerprint density at radius 1 is 1.10 bits per heavy atom. The molecule has 1 heterocycles. The fourth-order valence-corrected chi connectivity index (χ4v) is 1.81. The Morgan fingerprint density at radius 3 is 2.62 bits per heavy atom. The van der Waals surface area contributed by atoms with Gasteiger partial charge in [-0.1, -0.05) is 17.3 Å². The average molecular weight is 285 g/mol. The summed E-state index contributed by atoms with van der Waals surface area (Å²) in [6.07, 6.45) is 1.69. The van der Waals surface area contributed by atoms with Crippen LogP contribution in [0.1, 0.15) is 5.69 Å². The SMILES string of the molecule is Oc1ccc(-n2cc(COc3ccccc3F)nn2)cc1. The van der Waals surface area contributed by atoms with Gasteiger partial charge in [0.25, 0.3) is 0 Å². The van der Waals surface area contributed by atoms with Gasteiger partial charge in [-0.2, -0.15) is 0 Å². The lowest BCUT2D eigenvalue weighted by molar-refractivity contribution is 0.286. The number of aromatic nitrogens is 3. The standard InChI is InChI=1S/C15H12FN3O2/c16-14-3-1-2-4-15(14)21-10-11-9-19(18-17-11)12-5-7-13(20)8-6-12/h1-9,20H,10H2. The van der Waals surface area contributed by atoms with E-state index in [1.54, 1.807) is 53.3 Å². The highest BCUT2D eigenvalue weighted by Crippen LogP contribution is 2.17. The second kappa shape index (κ2) is 5.62. The summed E-state index contributed by atoms with van der Waals surface area (Å²) >= 11 is 0. The zero-order valence-electron chi connectivity index (χ0n) is 11.0. The first kappa shape index (κ1) is 13.1. The van der Waals surface area contributed by atoms with Crippen LogP contribution in [0.15, 0.2) is 54.7 Å². The summed E-state index contributed by atoms with van der Waals surface area (Å²) in [6.45, 7) is 0.124. The number of hydrogen-bond donors (Lipinski definition) is 1. The number of benzene rings is 2. The lowest BCUT2D eigenvalue weighted by Gasteiger charge is -2.04. The first-order valence-electron chi connectivity index (χ1n) is 6.30. The number of hydrogen-bond acceptors (Lipinski definition) is 4. The molecule has 2 aromatic carbocycles. The van der Waals surface area contributed by atoms with Crippen LogP contribution in [0, 0.1) is 5.82 Å². The van der Waals surface area contributed by atoms with Gasteiger partial charge < -0.3 is 9.84 Å². The molecule has 6 heteroatoms. The van der Waals surface area contributed by atoms with Crippen LogP contribution in [0.3, 0.4) is 0 Å². The van der Waals surface area contributed by atoms with Gasteiger partial charge in [-0.15, -0.1) is 5.10 Å². The third kappa shape index (κ3) is 3.00. The smallest absolute Gasteiger partial charge is 0.165 e. The molecule has 0 fully saturated rings. The summed E-state index contributed by atoms with van der Waals surface area (Å²) in [4.78, 5) is 0. The summed E-state index contributed by atoms with van der Waals surface area (Å²) in [5, 5.41) is 17.2. The summed E-state index contributed by atoms with van der Waals surface area (Å²) in [5.41, 5.74) is 1.34. The van der Waals surface area contributed by atoms with Gasteiger partial charge in [0.05, 0.1) is 11.9 Å². The van der Waals surface area contributed by atoms with Crippen molar-refractivity contribution in [1.82, 2.24) is 15.0 Å². The highest BCUT2D eigenvalue weighted by atomic mass is 19.1. The van der Waals surface area contributed by atoms with Crippen molar-refractivity contribution >= 4 is 0 Å². The maximum absolute atomic E-state index is 13.4. The predicted molar refractivity (Wildman–Crippen MR) is 73.8 cm³/mol. The molecule has 0 aliphatic rings. The molecular weight excluding hydrogens is 273 g/mol. The predicted octanol–water partition coefficient (Wildman–Crippen LogP) is 2.69. The number of para-hydroxylation sites is 1. The van der Waals surface area contributed by atoms with Crippen LogP contribution in [0.25, 0.3) is 5.69 Å². The van der Waals surface area contributed by atoms with Gasteiger partial charge >= 0.3 is 0 Å². The van der Waals surface area contributed by atoms with Crippen molar-refractivity contribution in [1.29, 1.82) is 0 Å². The van der Waals surface area contributed by atoms with E-state index in [-0.39, 0.29) is 18.1 Å². The third-order valence-electron chi connectivity index (χ3n) is 2.87. The Kier molecular flexibility index (Phi) is 3.51. The normalized spacial score (nSPS) is 10.5. The maximum atomic E-state index is 13.4. The van der Waals surface area contributed by atoms with E-state index in [1.807, 2.05) is 0 Å². The van der Waals surface area contributed by atoms with E-state index in [2.05, 4.69) is 10.3 Å². The van der Waals surface area contributed by atoms with Crippen LogP contribution >= 0.6 is 0 Å². The van der Waals surface area contributed by atoms with E-state index in [0.29, 0.717) is 5.69 Å². The summed E-state index contributed by atoms with van der Waals surface area (Å²) < 4.78 is 20.3. The Bertz CT molecular complexity index is 741. The molecule has 0 radical (unpaired) electrons. The second-order valence-electron chi connectivity index (χ2n) is 4.39. The van der Waals surface area contributed by atoms with Crippen molar-refractivity contribution in [2.24, 2.45) is 0 Å². The Balaban J connectivity index is 1.71. The Hall–Kier alpha value is -2.89. The monoisotopic (exact) mass is 285 g/mol. The van der Waals surface area contributed by atoms with E-state index >= 15 is 0 Å². The number of nitrogens with zero attached hydrogens (tertiary/aromatic N) is 3. The molecule has 106 valence electrons. The number of rotatable bonds is 4. The molecular formula is C15H12FN3O2. The quantitative estimate of drug-likeness (QED) is 0.800. The first-order chi connectivity index (χ1) is 10.2. The average Bonchev–Trinajstić information content (AvgIpc) is 2.96. The number of phenols is 1. The van der Waals surface area contributed by atoms with E-state index in [1.165, 1.54) is 6.07 Å². The van der Waals surface area contributed by atoms with Gasteiger partial charge in [0.1, 0.15) is 18.1 Å². The van der Waals surface area contributed by atoms with E-state index in [9.17, 15) is 9.50 Å². The highest BCUT2D eigenvalue weighted by molar-refractivity contribution is 5.35. The molecule has 0 amide bonds. The lowest BCUT2D eigenvalue weighted by Crippen LogP contribution is -1.97. The fourth-order valence-electron chi connectivity index (χ4n) is 1.81. The zero-order chi connectivity index (χ0) is 14.7. The maximum Gasteiger partial charge on any atom is 0.165 e. The molecule has 0 aliphatic heterocycles. The van der Waals surface area contributed by atoms with Gasteiger partial charge in [0.2, 0.25) is 0 Å². The molecule has 0 saturated carbocycles. The summed E-state index contributed by atoms with van der Waals surface area (Å²) in [7, 11) is 0. The molecule has 21 heavy (non-hydrogen) atoms. The van der Waals surface area contributed by atoms with E-state index in [4.69, 9.17) is 4.74 Å². The van der Waals surface area contributed by atoms with Gasteiger partial charge in [0.15, 0.2) is 11.6 Å². The molecule has 3 aromatic rings. The van der Waals surface area contributed by atoms with Crippen molar-refractivity contribution in [2.45, 2.75) is 6.61 Å². The molecule has 0 atom stereocenters. The topological polar surface area (TPSA) is 60.2 Å². The Labute approximate surface area is 120 Å². The molecule has 0 spiro atoms. The van der Waals surface area contributed by atoms with Gasteiger partial charge in [-0.3, -0.25) is 0 Å². The first-order valence-corrected chi connectivity index (χ1v) is 6.30. The minimum Gasteiger partial charge on any atom is -0.508 e. The minimum atomic E-state index is -0.413. The number of halogens is 1.